The molecular weight excluding hydrogens is 266 g/mol. The number of rotatable bonds is 0. The maximum Gasteiger partial charge on any atom is 0.0540 e. The van der Waals surface area contributed by atoms with Gasteiger partial charge in [0.1, 0.15) is 0 Å². The van der Waals surface area contributed by atoms with Crippen LogP contribution in [0.15, 0.2) is 23.1 Å². The SMILES string of the molecule is Sc1cc(I)ccc1Cl. The lowest BCUT2D eigenvalue weighted by Gasteiger charge is -1.94. The fraction of sp³-hybridized carbons (Fsp3) is 0. The second kappa shape index (κ2) is 3.12. The first-order chi connectivity index (χ1) is 4.20. The summed E-state index contributed by atoms with van der Waals surface area (Å²) in [5.41, 5.74) is 0. The highest BCUT2D eigenvalue weighted by molar-refractivity contribution is 14.1. The lowest BCUT2D eigenvalue weighted by Crippen LogP contribution is -1.71. The van der Waals surface area contributed by atoms with Gasteiger partial charge in [0.25, 0.3) is 0 Å². The van der Waals surface area contributed by atoms with E-state index in [-0.39, 0.29) is 0 Å². The molecule has 0 bridgehead atoms. The first-order valence-corrected chi connectivity index (χ1v) is 4.24. The predicted molar refractivity (Wildman–Crippen MR) is 51.4 cm³/mol. The van der Waals surface area contributed by atoms with Crippen molar-refractivity contribution in [1.29, 1.82) is 0 Å². The molecule has 1 aromatic rings. The van der Waals surface area contributed by atoms with Gasteiger partial charge in [-0.1, -0.05) is 11.6 Å². The fourth-order valence-corrected chi connectivity index (χ4v) is 1.55. The van der Waals surface area contributed by atoms with Crippen LogP contribution in [0.4, 0.5) is 0 Å². The molecule has 1 rings (SSSR count). The number of benzene rings is 1. The summed E-state index contributed by atoms with van der Waals surface area (Å²) in [7, 11) is 0. The molecule has 0 unspecified atom stereocenters. The molecule has 0 amide bonds. The van der Waals surface area contributed by atoms with E-state index in [0.717, 1.165) is 8.47 Å². The molecule has 0 radical (unpaired) electrons. The van der Waals surface area contributed by atoms with Gasteiger partial charge in [-0.3, -0.25) is 0 Å². The van der Waals surface area contributed by atoms with Crippen LogP contribution in [-0.4, -0.2) is 0 Å². The smallest absolute Gasteiger partial charge is 0.0540 e. The van der Waals surface area contributed by atoms with E-state index in [1.54, 1.807) is 0 Å². The Morgan fingerprint density at radius 1 is 1.44 bits per heavy atom. The minimum atomic E-state index is 0.707. The van der Waals surface area contributed by atoms with Gasteiger partial charge in [-0.25, -0.2) is 0 Å². The van der Waals surface area contributed by atoms with Crippen molar-refractivity contribution < 1.29 is 0 Å². The molecule has 0 fully saturated rings. The van der Waals surface area contributed by atoms with Gasteiger partial charge in [-0.2, -0.15) is 0 Å². The summed E-state index contributed by atoms with van der Waals surface area (Å²) in [6.45, 7) is 0. The van der Waals surface area contributed by atoms with E-state index >= 15 is 0 Å². The zero-order valence-electron chi connectivity index (χ0n) is 4.44. The zero-order chi connectivity index (χ0) is 6.85. The van der Waals surface area contributed by atoms with Gasteiger partial charge < -0.3 is 0 Å². The van der Waals surface area contributed by atoms with Crippen LogP contribution in [-0.2, 0) is 0 Å². The Labute approximate surface area is 78.2 Å². The summed E-state index contributed by atoms with van der Waals surface area (Å²) >= 11 is 12.0. The van der Waals surface area contributed by atoms with E-state index in [2.05, 4.69) is 35.2 Å². The third-order valence-corrected chi connectivity index (χ3v) is 2.41. The second-order valence-electron chi connectivity index (χ2n) is 1.60. The van der Waals surface area contributed by atoms with Gasteiger partial charge in [0.15, 0.2) is 0 Å². The summed E-state index contributed by atoms with van der Waals surface area (Å²) in [5.74, 6) is 0. The average Bonchev–Trinajstić information content (AvgIpc) is 1.80. The average molecular weight is 271 g/mol. The molecule has 0 aliphatic heterocycles. The first-order valence-electron chi connectivity index (χ1n) is 2.34. The Balaban J connectivity index is 3.17. The highest BCUT2D eigenvalue weighted by atomic mass is 127. The van der Waals surface area contributed by atoms with Crippen LogP contribution in [0.2, 0.25) is 5.02 Å². The molecule has 0 N–H and O–H groups in total. The van der Waals surface area contributed by atoms with E-state index in [1.807, 2.05) is 18.2 Å². The molecule has 0 aliphatic rings. The van der Waals surface area contributed by atoms with Gasteiger partial charge in [0.05, 0.1) is 5.02 Å². The zero-order valence-corrected chi connectivity index (χ0v) is 8.24. The Bertz CT molecular complexity index is 224. The van der Waals surface area contributed by atoms with E-state index < -0.39 is 0 Å². The molecule has 3 heteroatoms. The van der Waals surface area contributed by atoms with Crippen molar-refractivity contribution in [3.8, 4) is 0 Å². The summed E-state index contributed by atoms with van der Waals surface area (Å²) in [5, 5.41) is 0.707. The summed E-state index contributed by atoms with van der Waals surface area (Å²) in [4.78, 5) is 0.837. The van der Waals surface area contributed by atoms with Crippen LogP contribution in [0, 0.1) is 3.57 Å². The molecule has 0 atom stereocenters. The Kier molecular flexibility index (Phi) is 2.67. The van der Waals surface area contributed by atoms with E-state index in [9.17, 15) is 0 Å². The maximum atomic E-state index is 5.70. The molecule has 0 heterocycles. The molecule has 0 spiro atoms. The minimum Gasteiger partial charge on any atom is -0.142 e. The van der Waals surface area contributed by atoms with Gasteiger partial charge in [0, 0.05) is 8.47 Å². The lowest BCUT2D eigenvalue weighted by atomic mass is 10.4. The van der Waals surface area contributed by atoms with Crippen LogP contribution < -0.4 is 0 Å². The van der Waals surface area contributed by atoms with Gasteiger partial charge >= 0.3 is 0 Å². The molecule has 0 saturated carbocycles. The molecule has 9 heavy (non-hydrogen) atoms. The van der Waals surface area contributed by atoms with Crippen molar-refractivity contribution in [3.63, 3.8) is 0 Å². The molecule has 0 saturated heterocycles. The van der Waals surface area contributed by atoms with Crippen molar-refractivity contribution >= 4 is 46.8 Å². The van der Waals surface area contributed by atoms with Crippen LogP contribution in [0.1, 0.15) is 0 Å². The normalized spacial score (nSPS) is 9.67. The summed E-state index contributed by atoms with van der Waals surface area (Å²) < 4.78 is 1.15. The van der Waals surface area contributed by atoms with Crippen molar-refractivity contribution in [2.45, 2.75) is 4.90 Å². The number of halogens is 2. The first kappa shape index (κ1) is 7.69. The Hall–Kier alpha value is 0.590. The monoisotopic (exact) mass is 270 g/mol. The quantitative estimate of drug-likeness (QED) is 0.543. The van der Waals surface area contributed by atoms with Crippen molar-refractivity contribution in [1.82, 2.24) is 0 Å². The van der Waals surface area contributed by atoms with Crippen molar-refractivity contribution in [3.05, 3.63) is 26.8 Å². The van der Waals surface area contributed by atoms with Gasteiger partial charge in [-0.05, 0) is 40.8 Å². The number of thiol groups is 1. The van der Waals surface area contributed by atoms with Gasteiger partial charge in [-0.15, -0.1) is 12.6 Å². The topological polar surface area (TPSA) is 0 Å². The van der Waals surface area contributed by atoms with E-state index in [4.69, 9.17) is 11.6 Å². The maximum absolute atomic E-state index is 5.70. The van der Waals surface area contributed by atoms with Crippen LogP contribution in [0.3, 0.4) is 0 Å². The van der Waals surface area contributed by atoms with E-state index in [0.29, 0.717) is 5.02 Å². The second-order valence-corrected chi connectivity index (χ2v) is 3.73. The molecule has 0 aromatic heterocycles. The third kappa shape index (κ3) is 2.02. The fourth-order valence-electron chi connectivity index (χ4n) is 0.486. The summed E-state index contributed by atoms with van der Waals surface area (Å²) in [6.07, 6.45) is 0. The Morgan fingerprint density at radius 3 is 2.56 bits per heavy atom. The largest absolute Gasteiger partial charge is 0.142 e. The molecule has 48 valence electrons. The predicted octanol–water partition coefficient (Wildman–Crippen LogP) is 3.23. The van der Waals surface area contributed by atoms with Crippen molar-refractivity contribution in [2.75, 3.05) is 0 Å². The van der Waals surface area contributed by atoms with Crippen LogP contribution in [0.25, 0.3) is 0 Å². The number of hydrogen-bond acceptors (Lipinski definition) is 1. The van der Waals surface area contributed by atoms with Crippen LogP contribution in [0.5, 0.6) is 0 Å². The Morgan fingerprint density at radius 2 is 2.11 bits per heavy atom. The standard InChI is InChI=1S/C6H4ClIS/c7-5-2-1-4(8)3-6(5)9/h1-3,9H. The van der Waals surface area contributed by atoms with Gasteiger partial charge in [0.2, 0.25) is 0 Å². The van der Waals surface area contributed by atoms with Crippen molar-refractivity contribution in [2.24, 2.45) is 0 Å². The molecule has 0 nitrogen and oxygen atoms in total. The highest BCUT2D eigenvalue weighted by Crippen LogP contribution is 2.21. The highest BCUT2D eigenvalue weighted by Gasteiger charge is 1.93. The number of hydrogen-bond donors (Lipinski definition) is 1. The van der Waals surface area contributed by atoms with E-state index in [1.165, 1.54) is 0 Å². The summed E-state index contributed by atoms with van der Waals surface area (Å²) in [6, 6.07) is 5.71. The van der Waals surface area contributed by atoms with Crippen LogP contribution >= 0.6 is 46.8 Å². The minimum absolute atomic E-state index is 0.707. The molecular formula is C6H4ClIS. The third-order valence-electron chi connectivity index (χ3n) is 0.908. The lowest BCUT2D eigenvalue weighted by molar-refractivity contribution is 1.44. The molecule has 0 aliphatic carbocycles. The molecule has 1 aromatic carbocycles.